The topological polar surface area (TPSA) is 55.4 Å². The second-order valence-electron chi connectivity index (χ2n) is 3.54. The van der Waals surface area contributed by atoms with Crippen LogP contribution in [0.1, 0.15) is 23.7 Å². The highest BCUT2D eigenvalue weighted by Gasteiger charge is 2.05. The number of halogens is 1. The van der Waals surface area contributed by atoms with E-state index in [4.69, 9.17) is 0 Å². The molecule has 0 bridgehead atoms. The van der Waals surface area contributed by atoms with Crippen molar-refractivity contribution in [2.45, 2.75) is 13.3 Å². The number of rotatable bonds is 5. The number of esters is 1. The van der Waals surface area contributed by atoms with Crippen LogP contribution in [0.25, 0.3) is 0 Å². The number of anilines is 1. The number of hydrogen-bond acceptors (Lipinski definition) is 4. The van der Waals surface area contributed by atoms with Crippen LogP contribution < -0.4 is 5.32 Å². The number of hydrogen-bond donors (Lipinski definition) is 1. The summed E-state index contributed by atoms with van der Waals surface area (Å²) < 4.78 is 17.6. The Labute approximate surface area is 98.8 Å². The SMILES string of the molecule is COC(=O)CCNc1cc(F)cc(C(C)=O)c1. The number of ether oxygens (including phenoxy) is 1. The largest absolute Gasteiger partial charge is 0.469 e. The zero-order valence-corrected chi connectivity index (χ0v) is 9.75. The number of Topliss-reactive ketones (excluding diaryl/α,β-unsaturated/α-hetero) is 1. The molecule has 0 aliphatic rings. The van der Waals surface area contributed by atoms with Crippen molar-refractivity contribution in [1.82, 2.24) is 0 Å². The molecule has 0 spiro atoms. The molecule has 0 aliphatic carbocycles. The van der Waals surface area contributed by atoms with Gasteiger partial charge in [-0.15, -0.1) is 0 Å². The minimum absolute atomic E-state index is 0.183. The molecule has 0 atom stereocenters. The van der Waals surface area contributed by atoms with Crippen molar-refractivity contribution < 1.29 is 18.7 Å². The predicted octanol–water partition coefficient (Wildman–Crippen LogP) is 2.00. The first-order valence-electron chi connectivity index (χ1n) is 5.15. The lowest BCUT2D eigenvalue weighted by atomic mass is 10.1. The van der Waals surface area contributed by atoms with Crippen LogP contribution in [0.4, 0.5) is 10.1 Å². The zero-order valence-electron chi connectivity index (χ0n) is 9.75. The van der Waals surface area contributed by atoms with Gasteiger partial charge in [0.05, 0.1) is 13.5 Å². The smallest absolute Gasteiger partial charge is 0.307 e. The van der Waals surface area contributed by atoms with Gasteiger partial charge in [-0.2, -0.15) is 0 Å². The summed E-state index contributed by atoms with van der Waals surface area (Å²) in [5.74, 6) is -1.04. The molecule has 0 fully saturated rings. The van der Waals surface area contributed by atoms with E-state index in [0.717, 1.165) is 0 Å². The van der Waals surface area contributed by atoms with Gasteiger partial charge < -0.3 is 10.1 Å². The molecule has 0 saturated heterocycles. The van der Waals surface area contributed by atoms with Crippen LogP contribution in [0, 0.1) is 5.82 Å². The monoisotopic (exact) mass is 239 g/mol. The summed E-state index contributed by atoms with van der Waals surface area (Å²) in [6, 6.07) is 3.99. The predicted molar refractivity (Wildman–Crippen MR) is 61.5 cm³/mol. The van der Waals surface area contributed by atoms with Crippen LogP contribution >= 0.6 is 0 Å². The third kappa shape index (κ3) is 4.22. The summed E-state index contributed by atoms with van der Waals surface area (Å²) in [6.07, 6.45) is 0.183. The zero-order chi connectivity index (χ0) is 12.8. The van der Waals surface area contributed by atoms with E-state index in [1.807, 2.05) is 0 Å². The summed E-state index contributed by atoms with van der Waals surface area (Å²) >= 11 is 0. The van der Waals surface area contributed by atoms with E-state index in [9.17, 15) is 14.0 Å². The van der Waals surface area contributed by atoms with Crippen LogP contribution in [0.2, 0.25) is 0 Å². The van der Waals surface area contributed by atoms with Gasteiger partial charge in [-0.05, 0) is 25.1 Å². The number of methoxy groups -OCH3 is 1. The average Bonchev–Trinajstić information content (AvgIpc) is 2.28. The van der Waals surface area contributed by atoms with E-state index in [1.165, 1.54) is 26.2 Å². The number of carbonyl (C=O) groups is 2. The van der Waals surface area contributed by atoms with E-state index in [0.29, 0.717) is 17.8 Å². The molecule has 0 radical (unpaired) electrons. The molecule has 17 heavy (non-hydrogen) atoms. The minimum Gasteiger partial charge on any atom is -0.469 e. The van der Waals surface area contributed by atoms with Crippen LogP contribution in [-0.4, -0.2) is 25.4 Å². The fraction of sp³-hybridized carbons (Fsp3) is 0.333. The molecular weight excluding hydrogens is 225 g/mol. The fourth-order valence-corrected chi connectivity index (χ4v) is 1.31. The van der Waals surface area contributed by atoms with Gasteiger partial charge in [0.25, 0.3) is 0 Å². The Hall–Kier alpha value is -1.91. The number of benzene rings is 1. The second kappa shape index (κ2) is 5.98. The third-order valence-corrected chi connectivity index (χ3v) is 2.19. The van der Waals surface area contributed by atoms with Gasteiger partial charge in [0.1, 0.15) is 5.82 Å². The number of nitrogens with one attached hydrogen (secondary N) is 1. The summed E-state index contributed by atoms with van der Waals surface area (Å²) in [6.45, 7) is 1.69. The molecule has 1 N–H and O–H groups in total. The lowest BCUT2D eigenvalue weighted by Crippen LogP contribution is -2.10. The average molecular weight is 239 g/mol. The van der Waals surface area contributed by atoms with Gasteiger partial charge in [-0.3, -0.25) is 9.59 Å². The lowest BCUT2D eigenvalue weighted by Gasteiger charge is -2.07. The van der Waals surface area contributed by atoms with Crippen LogP contribution in [0.5, 0.6) is 0 Å². The van der Waals surface area contributed by atoms with Gasteiger partial charge in [0.15, 0.2) is 5.78 Å². The molecule has 1 rings (SSSR count). The Morgan fingerprint density at radius 3 is 2.65 bits per heavy atom. The van der Waals surface area contributed by atoms with Gasteiger partial charge >= 0.3 is 5.97 Å². The molecule has 1 aromatic rings. The summed E-state index contributed by atoms with van der Waals surface area (Å²) in [5.41, 5.74) is 0.768. The van der Waals surface area contributed by atoms with Crippen molar-refractivity contribution in [3.8, 4) is 0 Å². The highest BCUT2D eigenvalue weighted by molar-refractivity contribution is 5.95. The molecule has 92 valence electrons. The summed E-state index contributed by atoms with van der Waals surface area (Å²) in [7, 11) is 1.30. The number of carbonyl (C=O) groups excluding carboxylic acids is 2. The Kier molecular flexibility index (Phi) is 4.63. The normalized spacial score (nSPS) is 9.82. The quantitative estimate of drug-likeness (QED) is 0.630. The Morgan fingerprint density at radius 1 is 1.35 bits per heavy atom. The molecule has 0 heterocycles. The lowest BCUT2D eigenvalue weighted by molar-refractivity contribution is -0.140. The highest BCUT2D eigenvalue weighted by atomic mass is 19.1. The maximum atomic E-state index is 13.2. The maximum Gasteiger partial charge on any atom is 0.307 e. The molecule has 0 aliphatic heterocycles. The first kappa shape index (κ1) is 13.2. The van der Waals surface area contributed by atoms with Crippen molar-refractivity contribution in [2.24, 2.45) is 0 Å². The molecule has 1 aromatic carbocycles. The molecule has 0 unspecified atom stereocenters. The maximum absolute atomic E-state index is 13.2. The molecule has 0 saturated carbocycles. The summed E-state index contributed by atoms with van der Waals surface area (Å²) in [4.78, 5) is 22.0. The van der Waals surface area contributed by atoms with Crippen molar-refractivity contribution in [3.05, 3.63) is 29.6 Å². The second-order valence-corrected chi connectivity index (χ2v) is 3.54. The summed E-state index contributed by atoms with van der Waals surface area (Å²) in [5, 5.41) is 2.85. The molecular formula is C12H14FNO3. The van der Waals surface area contributed by atoms with Gasteiger partial charge in [0, 0.05) is 17.8 Å². The van der Waals surface area contributed by atoms with E-state index < -0.39 is 5.82 Å². The molecule has 0 amide bonds. The van der Waals surface area contributed by atoms with Crippen LogP contribution in [-0.2, 0) is 9.53 Å². The molecule has 4 nitrogen and oxygen atoms in total. The van der Waals surface area contributed by atoms with E-state index in [-0.39, 0.29) is 18.2 Å². The molecule has 0 aromatic heterocycles. The van der Waals surface area contributed by atoms with Crippen LogP contribution in [0.15, 0.2) is 18.2 Å². The van der Waals surface area contributed by atoms with Crippen molar-refractivity contribution >= 4 is 17.4 Å². The van der Waals surface area contributed by atoms with Gasteiger partial charge in [0.2, 0.25) is 0 Å². The van der Waals surface area contributed by atoms with Crippen molar-refractivity contribution in [1.29, 1.82) is 0 Å². The standard InChI is InChI=1S/C12H14FNO3/c1-8(15)9-5-10(13)7-11(6-9)14-4-3-12(16)17-2/h5-7,14H,3-4H2,1-2H3. The Morgan fingerprint density at radius 2 is 2.06 bits per heavy atom. The molecule has 5 heteroatoms. The Balaban J connectivity index is 2.65. The van der Waals surface area contributed by atoms with Crippen molar-refractivity contribution in [3.63, 3.8) is 0 Å². The highest BCUT2D eigenvalue weighted by Crippen LogP contribution is 2.14. The van der Waals surface area contributed by atoms with Crippen molar-refractivity contribution in [2.75, 3.05) is 19.0 Å². The minimum atomic E-state index is -0.488. The van der Waals surface area contributed by atoms with Crippen LogP contribution in [0.3, 0.4) is 0 Å². The van der Waals surface area contributed by atoms with E-state index >= 15 is 0 Å². The fourth-order valence-electron chi connectivity index (χ4n) is 1.31. The van der Waals surface area contributed by atoms with E-state index in [1.54, 1.807) is 6.07 Å². The van der Waals surface area contributed by atoms with E-state index in [2.05, 4.69) is 10.1 Å². The first-order valence-corrected chi connectivity index (χ1v) is 5.15. The first-order chi connectivity index (χ1) is 8.02. The van der Waals surface area contributed by atoms with Gasteiger partial charge in [-0.25, -0.2) is 4.39 Å². The Bertz CT molecular complexity index is 432. The van der Waals surface area contributed by atoms with Gasteiger partial charge in [-0.1, -0.05) is 0 Å². The third-order valence-electron chi connectivity index (χ3n) is 2.19. The number of ketones is 1.